The van der Waals surface area contributed by atoms with Gasteiger partial charge in [0.05, 0.1) is 11.2 Å². The number of ether oxygens (including phenoxy) is 1. The van der Waals surface area contributed by atoms with E-state index in [1.807, 2.05) is 75.4 Å². The molecule has 1 heterocycles. The second-order valence-corrected chi connectivity index (χ2v) is 8.22. The van der Waals surface area contributed by atoms with Crippen molar-refractivity contribution in [3.63, 3.8) is 0 Å². The Kier molecular flexibility index (Phi) is 6.74. The number of nitrogens with one attached hydrogen (secondary N) is 1. The fourth-order valence-corrected chi connectivity index (χ4v) is 3.01. The summed E-state index contributed by atoms with van der Waals surface area (Å²) in [6.45, 7) is 6.12. The van der Waals surface area contributed by atoms with Crippen molar-refractivity contribution in [2.75, 3.05) is 25.0 Å². The summed E-state index contributed by atoms with van der Waals surface area (Å²) in [5.41, 5.74) is 1.79. The van der Waals surface area contributed by atoms with E-state index in [1.54, 1.807) is 18.0 Å². The van der Waals surface area contributed by atoms with Gasteiger partial charge < -0.3 is 14.5 Å². The van der Waals surface area contributed by atoms with Crippen molar-refractivity contribution in [2.24, 2.45) is 0 Å². The maximum absolute atomic E-state index is 13.1. The Morgan fingerprint density at radius 3 is 2.42 bits per heavy atom. The molecule has 7 nitrogen and oxygen atoms in total. The summed E-state index contributed by atoms with van der Waals surface area (Å²) in [5.74, 6) is -0.198. The quantitative estimate of drug-likeness (QED) is 0.597. The SMILES string of the molecule is CN(CCN(C(=O)C=Cc1n[nH]c2ccccc12)c1ccccc1)C(=O)OC(C)(C)C. The molecule has 162 valence electrons. The number of fused-ring (bicyclic) bond motifs is 1. The molecule has 0 atom stereocenters. The van der Waals surface area contributed by atoms with Gasteiger partial charge in [0.1, 0.15) is 5.60 Å². The molecule has 3 aromatic rings. The van der Waals surface area contributed by atoms with E-state index in [4.69, 9.17) is 4.74 Å². The third-order valence-corrected chi connectivity index (χ3v) is 4.58. The molecule has 0 aliphatic rings. The average molecular weight is 421 g/mol. The van der Waals surface area contributed by atoms with Crippen LogP contribution in [0.4, 0.5) is 10.5 Å². The number of amides is 2. The van der Waals surface area contributed by atoms with Crippen LogP contribution in [0.5, 0.6) is 0 Å². The third kappa shape index (κ3) is 5.94. The summed E-state index contributed by atoms with van der Waals surface area (Å²) in [5, 5.41) is 8.19. The van der Waals surface area contributed by atoms with Gasteiger partial charge >= 0.3 is 6.09 Å². The van der Waals surface area contributed by atoms with Crippen molar-refractivity contribution in [3.05, 3.63) is 66.4 Å². The van der Waals surface area contributed by atoms with Crippen LogP contribution in [0.2, 0.25) is 0 Å². The molecular weight excluding hydrogens is 392 g/mol. The smallest absolute Gasteiger partial charge is 0.410 e. The first kappa shape index (κ1) is 22.1. The number of carbonyl (C=O) groups excluding carboxylic acids is 2. The number of para-hydroxylation sites is 2. The maximum Gasteiger partial charge on any atom is 0.410 e. The lowest BCUT2D eigenvalue weighted by Gasteiger charge is -2.27. The molecule has 0 bridgehead atoms. The van der Waals surface area contributed by atoms with Crippen LogP contribution in [-0.2, 0) is 9.53 Å². The van der Waals surface area contributed by atoms with E-state index in [2.05, 4.69) is 10.2 Å². The van der Waals surface area contributed by atoms with Crippen LogP contribution >= 0.6 is 0 Å². The van der Waals surface area contributed by atoms with Crippen molar-refractivity contribution in [2.45, 2.75) is 26.4 Å². The summed E-state index contributed by atoms with van der Waals surface area (Å²) in [7, 11) is 1.66. The predicted octanol–water partition coefficient (Wildman–Crippen LogP) is 4.48. The molecule has 0 aliphatic carbocycles. The standard InChI is InChI=1S/C24H28N4O3/c1-24(2,3)31-23(30)27(4)16-17-28(18-10-6-5-7-11-18)22(29)15-14-21-19-12-8-9-13-20(19)25-26-21/h5-15H,16-17H2,1-4H3,(H,25,26). The molecular formula is C24H28N4O3. The third-order valence-electron chi connectivity index (χ3n) is 4.58. The Labute approximate surface area is 182 Å². The molecule has 0 spiro atoms. The van der Waals surface area contributed by atoms with E-state index in [-0.39, 0.29) is 5.91 Å². The zero-order chi connectivity index (χ0) is 22.4. The zero-order valence-electron chi connectivity index (χ0n) is 18.3. The van der Waals surface area contributed by atoms with Gasteiger partial charge in [-0.15, -0.1) is 0 Å². The van der Waals surface area contributed by atoms with Crippen molar-refractivity contribution >= 4 is 34.7 Å². The Morgan fingerprint density at radius 1 is 1.03 bits per heavy atom. The Bertz CT molecular complexity index is 1070. The number of hydrogen-bond acceptors (Lipinski definition) is 4. The lowest BCUT2D eigenvalue weighted by Crippen LogP contribution is -2.41. The number of benzene rings is 2. The lowest BCUT2D eigenvalue weighted by molar-refractivity contribution is -0.114. The molecule has 2 amide bonds. The van der Waals surface area contributed by atoms with Gasteiger partial charge in [0.25, 0.3) is 5.91 Å². The van der Waals surface area contributed by atoms with Crippen molar-refractivity contribution < 1.29 is 14.3 Å². The molecule has 2 aromatic carbocycles. The van der Waals surface area contributed by atoms with E-state index < -0.39 is 11.7 Å². The Balaban J connectivity index is 1.74. The number of nitrogens with zero attached hydrogens (tertiary/aromatic N) is 3. The predicted molar refractivity (Wildman–Crippen MR) is 123 cm³/mol. The number of hydrogen-bond donors (Lipinski definition) is 1. The van der Waals surface area contributed by atoms with Crippen LogP contribution in [0.3, 0.4) is 0 Å². The molecule has 0 saturated carbocycles. The number of H-pyrrole nitrogens is 1. The highest BCUT2D eigenvalue weighted by Crippen LogP contribution is 2.18. The van der Waals surface area contributed by atoms with Gasteiger partial charge in [-0.05, 0) is 45.0 Å². The normalized spacial score (nSPS) is 11.6. The molecule has 3 rings (SSSR count). The fourth-order valence-electron chi connectivity index (χ4n) is 3.01. The van der Waals surface area contributed by atoms with Crippen LogP contribution in [0, 0.1) is 0 Å². The largest absolute Gasteiger partial charge is 0.444 e. The number of rotatable bonds is 6. The minimum absolute atomic E-state index is 0.198. The molecule has 0 aliphatic heterocycles. The van der Waals surface area contributed by atoms with E-state index >= 15 is 0 Å². The summed E-state index contributed by atoms with van der Waals surface area (Å²) in [6, 6.07) is 17.1. The summed E-state index contributed by atoms with van der Waals surface area (Å²) >= 11 is 0. The summed E-state index contributed by atoms with van der Waals surface area (Å²) in [6.07, 6.45) is 2.78. The van der Waals surface area contributed by atoms with Crippen LogP contribution < -0.4 is 4.90 Å². The first-order valence-electron chi connectivity index (χ1n) is 10.2. The summed E-state index contributed by atoms with van der Waals surface area (Å²) in [4.78, 5) is 28.4. The van der Waals surface area contributed by atoms with Gasteiger partial charge in [-0.2, -0.15) is 5.10 Å². The molecule has 1 N–H and O–H groups in total. The van der Waals surface area contributed by atoms with Gasteiger partial charge in [-0.3, -0.25) is 9.89 Å². The van der Waals surface area contributed by atoms with Gasteiger partial charge in [0.2, 0.25) is 0 Å². The van der Waals surface area contributed by atoms with Crippen LogP contribution in [0.1, 0.15) is 26.5 Å². The van der Waals surface area contributed by atoms with Crippen molar-refractivity contribution in [3.8, 4) is 0 Å². The van der Waals surface area contributed by atoms with Crippen molar-refractivity contribution in [1.29, 1.82) is 0 Å². The average Bonchev–Trinajstić information content (AvgIpc) is 3.15. The van der Waals surface area contributed by atoms with Crippen LogP contribution in [-0.4, -0.2) is 52.8 Å². The molecule has 0 saturated heterocycles. The van der Waals surface area contributed by atoms with Crippen molar-refractivity contribution in [1.82, 2.24) is 15.1 Å². The number of likely N-dealkylation sites (N-methyl/N-ethyl adjacent to an activating group) is 1. The highest BCUT2D eigenvalue weighted by atomic mass is 16.6. The topological polar surface area (TPSA) is 78.5 Å². The minimum atomic E-state index is -0.574. The highest BCUT2D eigenvalue weighted by Gasteiger charge is 2.21. The second kappa shape index (κ2) is 9.47. The second-order valence-electron chi connectivity index (χ2n) is 8.22. The fraction of sp³-hybridized carbons (Fsp3) is 0.292. The number of carbonyl (C=O) groups is 2. The van der Waals surface area contributed by atoms with E-state index in [0.717, 1.165) is 16.6 Å². The highest BCUT2D eigenvalue weighted by molar-refractivity contribution is 6.04. The molecule has 31 heavy (non-hydrogen) atoms. The first-order chi connectivity index (χ1) is 14.7. The van der Waals surface area contributed by atoms with Crippen LogP contribution in [0.25, 0.3) is 17.0 Å². The first-order valence-corrected chi connectivity index (χ1v) is 10.2. The Morgan fingerprint density at radius 2 is 1.71 bits per heavy atom. The number of aromatic nitrogens is 2. The number of aromatic amines is 1. The van der Waals surface area contributed by atoms with Gasteiger partial charge in [0.15, 0.2) is 0 Å². The summed E-state index contributed by atoms with van der Waals surface area (Å²) < 4.78 is 5.39. The minimum Gasteiger partial charge on any atom is -0.444 e. The zero-order valence-corrected chi connectivity index (χ0v) is 18.3. The lowest BCUT2D eigenvalue weighted by atomic mass is 10.2. The van der Waals surface area contributed by atoms with E-state index in [9.17, 15) is 9.59 Å². The monoisotopic (exact) mass is 420 g/mol. The molecule has 0 fully saturated rings. The van der Waals surface area contributed by atoms with Crippen LogP contribution in [0.15, 0.2) is 60.7 Å². The van der Waals surface area contributed by atoms with E-state index in [0.29, 0.717) is 18.8 Å². The molecule has 7 heteroatoms. The Hall–Kier alpha value is -3.61. The molecule has 0 unspecified atom stereocenters. The van der Waals surface area contributed by atoms with Gasteiger partial charge in [0, 0.05) is 37.3 Å². The maximum atomic E-state index is 13.1. The molecule has 1 aromatic heterocycles. The van der Waals surface area contributed by atoms with Gasteiger partial charge in [-0.25, -0.2) is 4.79 Å². The van der Waals surface area contributed by atoms with E-state index in [1.165, 1.54) is 11.0 Å². The number of anilines is 1. The molecule has 0 radical (unpaired) electrons. The van der Waals surface area contributed by atoms with Gasteiger partial charge in [-0.1, -0.05) is 36.4 Å².